The van der Waals surface area contributed by atoms with Gasteiger partial charge in [0.1, 0.15) is 10.7 Å². The van der Waals surface area contributed by atoms with Gasteiger partial charge in [-0.2, -0.15) is 0 Å². The van der Waals surface area contributed by atoms with Gasteiger partial charge in [-0.25, -0.2) is 4.98 Å². The Labute approximate surface area is 131 Å². The van der Waals surface area contributed by atoms with Crippen LogP contribution in [0.1, 0.15) is 10.4 Å². The highest BCUT2D eigenvalue weighted by Gasteiger charge is 2.02. The Hall–Kier alpha value is -2.66. The maximum absolute atomic E-state index is 12.2. The van der Waals surface area contributed by atoms with Crippen molar-refractivity contribution in [1.29, 1.82) is 0 Å². The molecule has 0 saturated carbocycles. The van der Waals surface area contributed by atoms with Crippen molar-refractivity contribution < 1.29 is 4.74 Å². The van der Waals surface area contributed by atoms with E-state index in [1.165, 1.54) is 7.11 Å². The van der Waals surface area contributed by atoms with Gasteiger partial charge >= 0.3 is 0 Å². The second kappa shape index (κ2) is 6.41. The minimum Gasteiger partial charge on any atom is -0.479 e. The van der Waals surface area contributed by atoms with Crippen LogP contribution < -0.4 is 21.0 Å². The molecular weight excluding hydrogens is 296 g/mol. The van der Waals surface area contributed by atoms with Crippen LogP contribution in [-0.2, 0) is 0 Å². The molecule has 0 aliphatic heterocycles. The van der Waals surface area contributed by atoms with Crippen LogP contribution in [0.15, 0.2) is 52.6 Å². The first-order chi connectivity index (χ1) is 10.8. The van der Waals surface area contributed by atoms with Gasteiger partial charge in [0.25, 0.3) is 5.56 Å². The van der Waals surface area contributed by atoms with Gasteiger partial charge in [-0.15, -0.1) is 11.3 Å². The smallest absolute Gasteiger partial charge is 0.274 e. The molecule has 0 bridgehead atoms. The minimum absolute atomic E-state index is 0.239. The summed E-state index contributed by atoms with van der Waals surface area (Å²) in [7, 11) is 1.54. The van der Waals surface area contributed by atoms with Gasteiger partial charge in [-0.05, 0) is 29.2 Å². The third-order valence-electron chi connectivity index (χ3n) is 3.06. The van der Waals surface area contributed by atoms with Crippen LogP contribution in [0, 0.1) is 0 Å². The zero-order chi connectivity index (χ0) is 15.4. The lowest BCUT2D eigenvalue weighted by molar-refractivity contribution is 0.389. The SMILES string of the molecule is COc1nc(=Cc2cccs2)c(=O)[nH]c1=Cc1ccccc1. The molecule has 4 nitrogen and oxygen atoms in total. The highest BCUT2D eigenvalue weighted by Crippen LogP contribution is 2.08. The van der Waals surface area contributed by atoms with Crippen molar-refractivity contribution in [2.75, 3.05) is 7.11 Å². The highest BCUT2D eigenvalue weighted by atomic mass is 32.1. The van der Waals surface area contributed by atoms with Crippen LogP contribution in [0.25, 0.3) is 12.2 Å². The third-order valence-corrected chi connectivity index (χ3v) is 3.88. The molecule has 2 aromatic heterocycles. The third kappa shape index (κ3) is 3.15. The van der Waals surface area contributed by atoms with Crippen LogP contribution in [0.2, 0.25) is 0 Å². The Kier molecular flexibility index (Phi) is 4.16. The summed E-state index contributed by atoms with van der Waals surface area (Å²) >= 11 is 1.55. The Balaban J connectivity index is 2.17. The van der Waals surface area contributed by atoms with Crippen molar-refractivity contribution in [2.45, 2.75) is 0 Å². The molecule has 0 fully saturated rings. The summed E-state index contributed by atoms with van der Waals surface area (Å²) in [6, 6.07) is 13.6. The Morgan fingerprint density at radius 2 is 1.95 bits per heavy atom. The van der Waals surface area contributed by atoms with E-state index in [9.17, 15) is 4.79 Å². The fourth-order valence-electron chi connectivity index (χ4n) is 2.04. The molecule has 3 rings (SSSR count). The number of methoxy groups -OCH3 is 1. The zero-order valence-electron chi connectivity index (χ0n) is 11.9. The first-order valence-corrected chi connectivity index (χ1v) is 7.60. The van der Waals surface area contributed by atoms with E-state index in [2.05, 4.69) is 9.97 Å². The largest absolute Gasteiger partial charge is 0.479 e. The van der Waals surface area contributed by atoms with Crippen molar-refractivity contribution in [2.24, 2.45) is 0 Å². The predicted molar refractivity (Wildman–Crippen MR) is 88.6 cm³/mol. The molecular formula is C17H14N2O2S. The van der Waals surface area contributed by atoms with Gasteiger partial charge in [-0.3, -0.25) is 4.79 Å². The number of H-pyrrole nitrogens is 1. The molecule has 0 amide bonds. The lowest BCUT2D eigenvalue weighted by Gasteiger charge is -2.00. The topological polar surface area (TPSA) is 55.0 Å². The van der Waals surface area contributed by atoms with Crippen molar-refractivity contribution in [3.8, 4) is 5.88 Å². The number of rotatable bonds is 3. The average molecular weight is 310 g/mol. The van der Waals surface area contributed by atoms with E-state index < -0.39 is 0 Å². The second-order valence-corrected chi connectivity index (χ2v) is 5.57. The highest BCUT2D eigenvalue weighted by molar-refractivity contribution is 7.10. The van der Waals surface area contributed by atoms with E-state index in [0.717, 1.165) is 10.4 Å². The molecule has 0 saturated heterocycles. The first-order valence-electron chi connectivity index (χ1n) is 6.72. The fraction of sp³-hybridized carbons (Fsp3) is 0.0588. The number of thiophene rings is 1. The maximum Gasteiger partial charge on any atom is 0.274 e. The van der Waals surface area contributed by atoms with Gasteiger partial charge in [0, 0.05) is 4.88 Å². The van der Waals surface area contributed by atoms with E-state index in [1.807, 2.05) is 53.9 Å². The number of aromatic amines is 1. The summed E-state index contributed by atoms with van der Waals surface area (Å²) in [5, 5.41) is 2.85. The summed E-state index contributed by atoms with van der Waals surface area (Å²) in [5.74, 6) is 0.395. The molecule has 0 atom stereocenters. The van der Waals surface area contributed by atoms with Gasteiger partial charge in [0.15, 0.2) is 0 Å². The number of nitrogens with zero attached hydrogens (tertiary/aromatic N) is 1. The summed E-state index contributed by atoms with van der Waals surface area (Å²) in [6.07, 6.45) is 3.58. The average Bonchev–Trinajstić information content (AvgIpc) is 3.04. The number of hydrogen-bond acceptors (Lipinski definition) is 4. The van der Waals surface area contributed by atoms with Crippen molar-refractivity contribution >= 4 is 23.5 Å². The monoisotopic (exact) mass is 310 g/mol. The van der Waals surface area contributed by atoms with E-state index in [0.29, 0.717) is 16.6 Å². The van der Waals surface area contributed by atoms with Gasteiger partial charge in [-0.1, -0.05) is 36.4 Å². The molecule has 0 aliphatic carbocycles. The van der Waals surface area contributed by atoms with Crippen LogP contribution >= 0.6 is 11.3 Å². The maximum atomic E-state index is 12.2. The van der Waals surface area contributed by atoms with Gasteiger partial charge in [0.2, 0.25) is 5.88 Å². The zero-order valence-corrected chi connectivity index (χ0v) is 12.8. The van der Waals surface area contributed by atoms with E-state index in [1.54, 1.807) is 17.4 Å². The van der Waals surface area contributed by atoms with E-state index in [4.69, 9.17) is 4.74 Å². The van der Waals surface area contributed by atoms with Crippen molar-refractivity contribution in [3.05, 3.63) is 79.3 Å². The molecule has 22 heavy (non-hydrogen) atoms. The lowest BCUT2D eigenvalue weighted by Crippen LogP contribution is -2.37. The first kappa shape index (κ1) is 14.3. The lowest BCUT2D eigenvalue weighted by atomic mass is 10.2. The molecule has 0 aliphatic rings. The summed E-state index contributed by atoms with van der Waals surface area (Å²) in [4.78, 5) is 20.3. The molecule has 2 heterocycles. The number of aromatic nitrogens is 2. The van der Waals surface area contributed by atoms with Gasteiger partial charge < -0.3 is 9.72 Å². The van der Waals surface area contributed by atoms with E-state index >= 15 is 0 Å². The molecule has 3 aromatic rings. The van der Waals surface area contributed by atoms with Crippen LogP contribution in [-0.4, -0.2) is 17.1 Å². The molecule has 0 spiro atoms. The predicted octanol–water partition coefficient (Wildman–Crippen LogP) is 1.50. The second-order valence-electron chi connectivity index (χ2n) is 4.59. The molecule has 0 unspecified atom stereocenters. The van der Waals surface area contributed by atoms with Crippen LogP contribution in [0.5, 0.6) is 5.88 Å². The van der Waals surface area contributed by atoms with Crippen LogP contribution in [0.3, 0.4) is 0 Å². The normalized spacial score (nSPS) is 12.6. The molecule has 110 valence electrons. The molecule has 1 aromatic carbocycles. The Morgan fingerprint density at radius 3 is 2.64 bits per heavy atom. The van der Waals surface area contributed by atoms with E-state index in [-0.39, 0.29) is 5.56 Å². The standard InChI is InChI=1S/C17H14N2O2S/c1-21-17-15(10-12-6-3-2-4-7-12)18-16(20)14(19-17)11-13-8-5-9-22-13/h2-11H,1H3,(H,18,20). The van der Waals surface area contributed by atoms with Crippen molar-refractivity contribution in [3.63, 3.8) is 0 Å². The minimum atomic E-state index is -0.239. The molecule has 0 radical (unpaired) electrons. The summed E-state index contributed by atoms with van der Waals surface area (Å²) < 4.78 is 5.30. The number of hydrogen-bond donors (Lipinski definition) is 1. The van der Waals surface area contributed by atoms with Crippen LogP contribution in [0.4, 0.5) is 0 Å². The quantitative estimate of drug-likeness (QED) is 0.797. The number of nitrogens with one attached hydrogen (secondary N) is 1. The Morgan fingerprint density at radius 1 is 1.14 bits per heavy atom. The number of ether oxygens (including phenoxy) is 1. The number of benzene rings is 1. The fourth-order valence-corrected chi connectivity index (χ4v) is 2.69. The van der Waals surface area contributed by atoms with Crippen molar-refractivity contribution in [1.82, 2.24) is 9.97 Å². The molecule has 5 heteroatoms. The Bertz CT molecular complexity index is 929. The molecule has 1 N–H and O–H groups in total. The summed E-state index contributed by atoms with van der Waals surface area (Å²) in [6.45, 7) is 0. The summed E-state index contributed by atoms with van der Waals surface area (Å²) in [5.41, 5.74) is 0.726. The van der Waals surface area contributed by atoms with Gasteiger partial charge in [0.05, 0.1) is 7.11 Å².